The van der Waals surface area contributed by atoms with Gasteiger partial charge < -0.3 is 4.90 Å². The molecule has 1 atom stereocenters. The number of nitrogens with one attached hydrogen (secondary N) is 1. The van der Waals surface area contributed by atoms with Gasteiger partial charge in [-0.25, -0.2) is 0 Å². The lowest BCUT2D eigenvalue weighted by Gasteiger charge is -2.32. The van der Waals surface area contributed by atoms with E-state index in [-0.39, 0.29) is 11.9 Å². The van der Waals surface area contributed by atoms with Crippen LogP contribution in [0.1, 0.15) is 16.7 Å². The minimum Gasteiger partial charge on any atom is -0.327 e. The molecule has 0 radical (unpaired) electrons. The van der Waals surface area contributed by atoms with Gasteiger partial charge in [0.1, 0.15) is 6.04 Å². The maximum Gasteiger partial charge on any atom is 0.247 e. The van der Waals surface area contributed by atoms with Gasteiger partial charge in [-0.2, -0.15) is 17.0 Å². The first-order valence-electron chi connectivity index (χ1n) is 6.29. The molecule has 0 saturated carbocycles. The van der Waals surface area contributed by atoms with Crippen molar-refractivity contribution in [2.24, 2.45) is 0 Å². The number of hydrogen-bond acceptors (Lipinski definition) is 6. The zero-order valence-corrected chi connectivity index (χ0v) is 14.1. The molecule has 1 N–H and O–H groups in total. The summed E-state index contributed by atoms with van der Waals surface area (Å²) in [6.45, 7) is 0.696. The summed E-state index contributed by atoms with van der Waals surface area (Å²) < 4.78 is 1.05. The van der Waals surface area contributed by atoms with Crippen LogP contribution in [0.5, 0.6) is 0 Å². The fourth-order valence-corrected chi connectivity index (χ4v) is 4.43. The smallest absolute Gasteiger partial charge is 0.247 e. The van der Waals surface area contributed by atoms with Crippen molar-refractivity contribution >= 4 is 51.0 Å². The van der Waals surface area contributed by atoms with Crippen LogP contribution in [-0.4, -0.2) is 49.5 Å². The molecule has 2 aromatic heterocycles. The van der Waals surface area contributed by atoms with Crippen molar-refractivity contribution in [1.82, 2.24) is 25.5 Å². The van der Waals surface area contributed by atoms with Crippen LogP contribution in [0.3, 0.4) is 0 Å². The number of H-pyrrole nitrogens is 1. The predicted octanol–water partition coefficient (Wildman–Crippen LogP) is 2.35. The van der Waals surface area contributed by atoms with Crippen molar-refractivity contribution < 1.29 is 4.79 Å². The second-order valence-electron chi connectivity index (χ2n) is 4.37. The maximum absolute atomic E-state index is 12.4. The van der Waals surface area contributed by atoms with Crippen molar-refractivity contribution in [3.05, 3.63) is 32.7 Å². The topological polar surface area (TPSA) is 74.8 Å². The van der Waals surface area contributed by atoms with Gasteiger partial charge in [0.2, 0.25) is 5.91 Å². The Morgan fingerprint density at radius 2 is 2.43 bits per heavy atom. The number of rotatable bonds is 3. The van der Waals surface area contributed by atoms with Crippen molar-refractivity contribution in [3.8, 4) is 0 Å². The molecule has 0 aliphatic carbocycles. The number of halogens is 1. The second kappa shape index (κ2) is 6.71. The number of nitrogens with zero attached hydrogens (tertiary/aromatic N) is 4. The molecule has 0 spiro atoms. The van der Waals surface area contributed by atoms with Crippen LogP contribution in [0.15, 0.2) is 22.0 Å². The highest BCUT2D eigenvalue weighted by Gasteiger charge is 2.30. The molecular weight excluding hydrogens is 374 g/mol. The minimum absolute atomic E-state index is 0.0189. The van der Waals surface area contributed by atoms with Crippen LogP contribution in [0.4, 0.5) is 0 Å². The zero-order chi connectivity index (χ0) is 14.7. The molecule has 6 nitrogen and oxygen atoms in total. The Morgan fingerprint density at radius 3 is 3.14 bits per heavy atom. The molecule has 1 fully saturated rings. The first-order chi connectivity index (χ1) is 10.2. The van der Waals surface area contributed by atoms with Crippen molar-refractivity contribution in [2.45, 2.75) is 6.04 Å². The van der Waals surface area contributed by atoms with Gasteiger partial charge in [-0.3, -0.25) is 4.79 Å². The zero-order valence-electron chi connectivity index (χ0n) is 10.9. The van der Waals surface area contributed by atoms with E-state index in [1.165, 1.54) is 0 Å². The fourth-order valence-electron chi connectivity index (χ4n) is 2.06. The van der Waals surface area contributed by atoms with Crippen LogP contribution in [-0.2, 0) is 4.79 Å². The number of hydrogen-bond donors (Lipinski definition) is 1. The molecule has 0 aromatic carbocycles. The van der Waals surface area contributed by atoms with Crippen LogP contribution >= 0.6 is 39.0 Å². The van der Waals surface area contributed by atoms with E-state index < -0.39 is 0 Å². The van der Waals surface area contributed by atoms with E-state index in [1.54, 1.807) is 34.1 Å². The molecule has 2 aromatic rings. The summed E-state index contributed by atoms with van der Waals surface area (Å²) in [6.07, 6.45) is 3.45. The van der Waals surface area contributed by atoms with Gasteiger partial charge in [-0.05, 0) is 34.1 Å². The van der Waals surface area contributed by atoms with E-state index in [1.807, 2.05) is 18.2 Å². The second-order valence-corrected chi connectivity index (χ2v) is 8.01. The quantitative estimate of drug-likeness (QED) is 0.820. The van der Waals surface area contributed by atoms with Gasteiger partial charge in [0.25, 0.3) is 0 Å². The van der Waals surface area contributed by atoms with E-state index in [2.05, 4.69) is 36.6 Å². The minimum atomic E-state index is -0.116. The SMILES string of the molecule is O=C(/C=C/c1ccc(Br)s1)N1CCSCC1c1nn[nH]n1. The number of carbonyl (C=O) groups is 1. The number of thioether (sulfide) groups is 1. The Hall–Kier alpha value is -1.19. The van der Waals surface area contributed by atoms with Gasteiger partial charge in [-0.1, -0.05) is 5.21 Å². The highest BCUT2D eigenvalue weighted by molar-refractivity contribution is 9.11. The first kappa shape index (κ1) is 14.7. The number of aromatic amines is 1. The summed E-state index contributed by atoms with van der Waals surface area (Å²) in [5.74, 6) is 2.28. The molecule has 110 valence electrons. The number of tetrazole rings is 1. The molecule has 1 unspecified atom stereocenters. The van der Waals surface area contributed by atoms with Gasteiger partial charge >= 0.3 is 0 Å². The maximum atomic E-state index is 12.4. The number of thiophene rings is 1. The molecule has 3 rings (SSSR count). The lowest BCUT2D eigenvalue weighted by Crippen LogP contribution is -2.40. The van der Waals surface area contributed by atoms with Gasteiger partial charge in [0.15, 0.2) is 5.82 Å². The van der Waals surface area contributed by atoms with Crippen LogP contribution in [0.2, 0.25) is 0 Å². The Morgan fingerprint density at radius 1 is 1.52 bits per heavy atom. The van der Waals surface area contributed by atoms with E-state index in [4.69, 9.17) is 0 Å². The molecule has 1 aliphatic heterocycles. The van der Waals surface area contributed by atoms with Gasteiger partial charge in [-0.15, -0.1) is 21.5 Å². The highest BCUT2D eigenvalue weighted by atomic mass is 79.9. The summed E-state index contributed by atoms with van der Waals surface area (Å²) in [5.41, 5.74) is 0. The summed E-state index contributed by atoms with van der Waals surface area (Å²) in [6, 6.07) is 3.82. The third kappa shape index (κ3) is 3.53. The first-order valence-corrected chi connectivity index (χ1v) is 9.05. The molecule has 9 heteroatoms. The molecule has 3 heterocycles. The number of aromatic nitrogens is 4. The largest absolute Gasteiger partial charge is 0.327 e. The average molecular weight is 386 g/mol. The van der Waals surface area contributed by atoms with E-state index in [0.29, 0.717) is 12.4 Å². The molecule has 1 saturated heterocycles. The summed E-state index contributed by atoms with van der Waals surface area (Å²) in [5, 5.41) is 14.1. The Bertz CT molecular complexity index is 642. The molecule has 21 heavy (non-hydrogen) atoms. The van der Waals surface area contributed by atoms with E-state index in [9.17, 15) is 4.79 Å². The lowest BCUT2D eigenvalue weighted by molar-refractivity contribution is -0.128. The molecule has 1 aliphatic rings. The Kier molecular flexibility index (Phi) is 4.71. The summed E-state index contributed by atoms with van der Waals surface area (Å²) in [4.78, 5) is 15.3. The normalized spacial score (nSPS) is 19.3. The summed E-state index contributed by atoms with van der Waals surface area (Å²) in [7, 11) is 0. The third-order valence-electron chi connectivity index (χ3n) is 3.06. The van der Waals surface area contributed by atoms with Crippen LogP contribution in [0, 0.1) is 0 Å². The third-order valence-corrected chi connectivity index (χ3v) is 5.67. The molecule has 0 bridgehead atoms. The number of carbonyl (C=O) groups excluding carboxylic acids is 1. The summed E-state index contributed by atoms with van der Waals surface area (Å²) >= 11 is 6.80. The fraction of sp³-hybridized carbons (Fsp3) is 0.333. The predicted molar refractivity (Wildman–Crippen MR) is 87.0 cm³/mol. The highest BCUT2D eigenvalue weighted by Crippen LogP contribution is 2.28. The standard InChI is InChI=1S/C12H12BrN5OS2/c13-10-3-1-8(21-10)2-4-11(19)18-5-6-20-7-9(18)12-14-16-17-15-12/h1-4,9H,5-7H2,(H,14,15,16,17)/b4-2+. The van der Waals surface area contributed by atoms with Crippen molar-refractivity contribution in [2.75, 3.05) is 18.1 Å². The molecular formula is C12H12BrN5OS2. The Balaban J connectivity index is 1.74. The Labute approximate surface area is 138 Å². The monoisotopic (exact) mass is 385 g/mol. The molecule has 1 amide bonds. The lowest BCUT2D eigenvalue weighted by atomic mass is 10.2. The van der Waals surface area contributed by atoms with Crippen LogP contribution < -0.4 is 0 Å². The number of amides is 1. The van der Waals surface area contributed by atoms with Crippen LogP contribution in [0.25, 0.3) is 6.08 Å². The van der Waals surface area contributed by atoms with E-state index in [0.717, 1.165) is 20.2 Å². The van der Waals surface area contributed by atoms with Gasteiger partial charge in [0.05, 0.1) is 3.79 Å². The van der Waals surface area contributed by atoms with Gasteiger partial charge in [0, 0.05) is 29.0 Å². The van der Waals surface area contributed by atoms with Crippen molar-refractivity contribution in [1.29, 1.82) is 0 Å². The van der Waals surface area contributed by atoms with Crippen molar-refractivity contribution in [3.63, 3.8) is 0 Å². The van der Waals surface area contributed by atoms with E-state index >= 15 is 0 Å². The average Bonchev–Trinajstić information content (AvgIpc) is 3.16.